The first-order valence-corrected chi connectivity index (χ1v) is 11.5. The van der Waals surface area contributed by atoms with Gasteiger partial charge >= 0.3 is 0 Å². The van der Waals surface area contributed by atoms with Gasteiger partial charge < -0.3 is 15.9 Å². The molecule has 32 heavy (non-hydrogen) atoms. The van der Waals surface area contributed by atoms with Crippen molar-refractivity contribution in [2.75, 3.05) is 26.3 Å². The fourth-order valence-electron chi connectivity index (χ4n) is 4.68. The molecule has 168 valence electrons. The van der Waals surface area contributed by atoms with E-state index >= 15 is 0 Å². The van der Waals surface area contributed by atoms with Crippen molar-refractivity contribution in [3.63, 3.8) is 0 Å². The molecule has 1 aliphatic heterocycles. The molecule has 4 nitrogen and oxygen atoms in total. The van der Waals surface area contributed by atoms with Gasteiger partial charge in [0.2, 0.25) is 0 Å². The number of aryl methyl sites for hydroxylation is 1. The van der Waals surface area contributed by atoms with Gasteiger partial charge in [-0.3, -0.25) is 9.29 Å². The van der Waals surface area contributed by atoms with Crippen molar-refractivity contribution in [3.05, 3.63) is 77.0 Å². The lowest BCUT2D eigenvalue weighted by Crippen LogP contribution is -2.26. The Morgan fingerprint density at radius 1 is 1.22 bits per heavy atom. The fraction of sp³-hybridized carbons (Fsp3) is 0.370. The highest BCUT2D eigenvalue weighted by Gasteiger charge is 2.23. The van der Waals surface area contributed by atoms with Gasteiger partial charge in [0.25, 0.3) is 0 Å². The van der Waals surface area contributed by atoms with Gasteiger partial charge in [-0.05, 0) is 72.1 Å². The van der Waals surface area contributed by atoms with Gasteiger partial charge in [0, 0.05) is 37.6 Å². The Morgan fingerprint density at radius 3 is 2.81 bits per heavy atom. The van der Waals surface area contributed by atoms with E-state index in [9.17, 15) is 4.39 Å². The summed E-state index contributed by atoms with van der Waals surface area (Å²) in [5, 5.41) is 7.58. The summed E-state index contributed by atoms with van der Waals surface area (Å²) in [7, 11) is 0. The number of likely N-dealkylation sites (tertiary alicyclic amines) is 1. The minimum Gasteiger partial charge on any atom is -0.489 e. The molecule has 1 fully saturated rings. The van der Waals surface area contributed by atoms with Gasteiger partial charge in [-0.1, -0.05) is 36.4 Å². The molecule has 1 unspecified atom stereocenters. The number of nitrogens with two attached hydrogens (primary N) is 1. The monoisotopic (exact) mass is 433 g/mol. The molecule has 3 N–H and O–H groups in total. The van der Waals surface area contributed by atoms with Gasteiger partial charge in [-0.2, -0.15) is 0 Å². The number of nitrogens with zero attached hydrogens (tertiary/aromatic N) is 1. The Labute approximate surface area is 190 Å². The molecule has 0 spiro atoms. The van der Waals surface area contributed by atoms with Crippen LogP contribution in [0.5, 0.6) is 5.75 Å². The molecule has 2 aliphatic rings. The highest BCUT2D eigenvalue weighted by Crippen LogP contribution is 2.33. The number of hydrogen-bond acceptors (Lipinski definition) is 4. The number of halogens is 1. The Kier molecular flexibility index (Phi) is 7.38. The number of rotatable bonds is 8. The SMILES string of the molecule is N=CC(=CN)c1ccc2c(c1)CCCC=C2c1ccc(OC2CCN(CCCF)C2)cc1. The zero-order chi connectivity index (χ0) is 22.3. The zero-order valence-electron chi connectivity index (χ0n) is 18.5. The Morgan fingerprint density at radius 2 is 2.06 bits per heavy atom. The van der Waals surface area contributed by atoms with E-state index in [0.29, 0.717) is 6.42 Å². The van der Waals surface area contributed by atoms with Crippen molar-refractivity contribution < 1.29 is 9.13 Å². The van der Waals surface area contributed by atoms with Crippen LogP contribution in [0.15, 0.2) is 54.7 Å². The molecule has 2 aromatic rings. The lowest BCUT2D eigenvalue weighted by molar-refractivity contribution is 0.198. The van der Waals surface area contributed by atoms with E-state index in [2.05, 4.69) is 47.4 Å². The van der Waals surface area contributed by atoms with Crippen LogP contribution < -0.4 is 10.5 Å². The molecule has 0 saturated carbocycles. The van der Waals surface area contributed by atoms with E-state index in [-0.39, 0.29) is 12.8 Å². The van der Waals surface area contributed by atoms with Gasteiger partial charge in [0.15, 0.2) is 0 Å². The first-order chi connectivity index (χ1) is 15.7. The van der Waals surface area contributed by atoms with Gasteiger partial charge in [-0.15, -0.1) is 0 Å². The van der Waals surface area contributed by atoms with Crippen LogP contribution in [-0.2, 0) is 6.42 Å². The van der Waals surface area contributed by atoms with Crippen LogP contribution in [-0.4, -0.2) is 43.5 Å². The summed E-state index contributed by atoms with van der Waals surface area (Å²) in [4.78, 5) is 2.28. The third kappa shape index (κ3) is 5.10. The van der Waals surface area contributed by atoms with E-state index in [1.807, 2.05) is 6.07 Å². The average molecular weight is 434 g/mol. The minimum absolute atomic E-state index is 0.176. The third-order valence-electron chi connectivity index (χ3n) is 6.37. The number of alkyl halides is 1. The largest absolute Gasteiger partial charge is 0.489 e. The summed E-state index contributed by atoms with van der Waals surface area (Å²) in [5.41, 5.74) is 12.4. The topological polar surface area (TPSA) is 62.3 Å². The third-order valence-corrected chi connectivity index (χ3v) is 6.37. The van der Waals surface area contributed by atoms with Crippen molar-refractivity contribution in [2.45, 2.75) is 38.2 Å². The molecule has 4 rings (SSSR count). The predicted molar refractivity (Wildman–Crippen MR) is 130 cm³/mol. The van der Waals surface area contributed by atoms with Gasteiger partial charge in [0.05, 0.1) is 6.67 Å². The molecular weight excluding hydrogens is 401 g/mol. The number of benzene rings is 2. The second-order valence-corrected chi connectivity index (χ2v) is 8.54. The first kappa shape index (κ1) is 22.3. The predicted octanol–water partition coefficient (Wildman–Crippen LogP) is 5.22. The van der Waals surface area contributed by atoms with Crippen molar-refractivity contribution >= 4 is 17.4 Å². The van der Waals surface area contributed by atoms with E-state index < -0.39 is 0 Å². The van der Waals surface area contributed by atoms with Gasteiger partial charge in [0.1, 0.15) is 11.9 Å². The summed E-state index contributed by atoms with van der Waals surface area (Å²) in [5.74, 6) is 0.889. The van der Waals surface area contributed by atoms with Crippen molar-refractivity contribution in [3.8, 4) is 5.75 Å². The van der Waals surface area contributed by atoms with E-state index in [1.165, 1.54) is 34.7 Å². The second kappa shape index (κ2) is 10.6. The van der Waals surface area contributed by atoms with Crippen LogP contribution >= 0.6 is 0 Å². The average Bonchev–Trinajstić information content (AvgIpc) is 3.16. The normalized spacial score (nSPS) is 19.2. The van der Waals surface area contributed by atoms with Crippen LogP contribution in [0.25, 0.3) is 11.1 Å². The second-order valence-electron chi connectivity index (χ2n) is 8.54. The quantitative estimate of drug-likeness (QED) is 0.561. The summed E-state index contributed by atoms with van der Waals surface area (Å²) < 4.78 is 18.6. The molecule has 0 bridgehead atoms. The van der Waals surface area contributed by atoms with Crippen LogP contribution in [0, 0.1) is 5.41 Å². The number of ether oxygens (including phenoxy) is 1. The summed E-state index contributed by atoms with van der Waals surface area (Å²) >= 11 is 0. The smallest absolute Gasteiger partial charge is 0.119 e. The summed E-state index contributed by atoms with van der Waals surface area (Å²) in [6.07, 6.45) is 10.1. The molecule has 1 heterocycles. The number of nitrogens with one attached hydrogen (secondary N) is 1. The fourth-order valence-corrected chi connectivity index (χ4v) is 4.68. The number of fused-ring (bicyclic) bond motifs is 1. The zero-order valence-corrected chi connectivity index (χ0v) is 18.5. The highest BCUT2D eigenvalue weighted by atomic mass is 19.1. The van der Waals surface area contributed by atoms with Crippen LogP contribution in [0.3, 0.4) is 0 Å². The molecule has 0 amide bonds. The van der Waals surface area contributed by atoms with Gasteiger partial charge in [-0.25, -0.2) is 0 Å². The maximum absolute atomic E-state index is 12.4. The van der Waals surface area contributed by atoms with Crippen LogP contribution in [0.2, 0.25) is 0 Å². The van der Waals surface area contributed by atoms with E-state index in [1.54, 1.807) is 0 Å². The molecule has 0 aromatic heterocycles. The molecule has 1 aliphatic carbocycles. The molecule has 2 aromatic carbocycles. The summed E-state index contributed by atoms with van der Waals surface area (Å²) in [6, 6.07) is 14.8. The highest BCUT2D eigenvalue weighted by molar-refractivity contribution is 6.08. The van der Waals surface area contributed by atoms with E-state index in [4.69, 9.17) is 15.9 Å². The van der Waals surface area contributed by atoms with Crippen molar-refractivity contribution in [1.82, 2.24) is 4.90 Å². The maximum atomic E-state index is 12.4. The standard InChI is InChI=1S/C27H32FN3O/c28-13-3-14-31-15-12-25(19-31)32-24-9-6-20(7-10-24)26-5-2-1-4-22-16-21(8-11-27(22)26)23(17-29)18-30/h5-11,16-18,25,29H,1-4,12-15,19,30H2. The maximum Gasteiger partial charge on any atom is 0.119 e. The first-order valence-electron chi connectivity index (χ1n) is 11.5. The number of allylic oxidation sites excluding steroid dienone is 2. The lowest BCUT2D eigenvalue weighted by atomic mass is 9.91. The Balaban J connectivity index is 1.49. The molecule has 0 radical (unpaired) electrons. The van der Waals surface area contributed by atoms with Crippen LogP contribution in [0.1, 0.15) is 47.9 Å². The molecule has 1 saturated heterocycles. The van der Waals surface area contributed by atoms with Crippen molar-refractivity contribution in [1.29, 1.82) is 5.41 Å². The Hall–Kier alpha value is -2.92. The molecule has 5 heteroatoms. The molecular formula is C27H32FN3O. The van der Waals surface area contributed by atoms with E-state index in [0.717, 1.165) is 62.2 Å². The number of hydrogen-bond donors (Lipinski definition) is 2. The summed E-state index contributed by atoms with van der Waals surface area (Å²) in [6.45, 7) is 2.41. The van der Waals surface area contributed by atoms with Crippen molar-refractivity contribution in [2.24, 2.45) is 5.73 Å². The van der Waals surface area contributed by atoms with Crippen LogP contribution in [0.4, 0.5) is 4.39 Å². The minimum atomic E-state index is -0.253. The lowest BCUT2D eigenvalue weighted by Gasteiger charge is -2.17. The molecule has 1 atom stereocenters. The Bertz CT molecular complexity index is 996.